The van der Waals surface area contributed by atoms with Gasteiger partial charge in [-0.05, 0) is 74.1 Å². The average molecular weight is 441 g/mol. The number of hydrogen-bond acceptors (Lipinski definition) is 3. The molecule has 1 aliphatic heterocycles. The Bertz CT molecular complexity index is 1320. The van der Waals surface area contributed by atoms with Crippen molar-refractivity contribution >= 4 is 6.03 Å². The number of carbonyl (C=O) groups excluding carboxylic acids is 1. The van der Waals surface area contributed by atoms with Crippen molar-refractivity contribution in [3.8, 4) is 5.75 Å². The van der Waals surface area contributed by atoms with E-state index in [1.165, 1.54) is 12.1 Å². The van der Waals surface area contributed by atoms with E-state index < -0.39 is 99.5 Å². The quantitative estimate of drug-likeness (QED) is 0.649. The highest BCUT2D eigenvalue weighted by molar-refractivity contribution is 5.74. The molecule has 1 N–H and O–H groups in total. The summed E-state index contributed by atoms with van der Waals surface area (Å²) in [5.74, 6) is -1.58. The van der Waals surface area contributed by atoms with Gasteiger partial charge in [0.2, 0.25) is 0 Å². The molecule has 0 atom stereocenters. The van der Waals surface area contributed by atoms with Crippen molar-refractivity contribution in [2.45, 2.75) is 45.8 Å². The van der Waals surface area contributed by atoms with Gasteiger partial charge in [0.15, 0.2) is 0 Å². The van der Waals surface area contributed by atoms with E-state index in [4.69, 9.17) is 22.6 Å². The van der Waals surface area contributed by atoms with Crippen LogP contribution in [0.3, 0.4) is 0 Å². The van der Waals surface area contributed by atoms with Crippen molar-refractivity contribution in [3.05, 3.63) is 65.4 Å². The summed E-state index contributed by atoms with van der Waals surface area (Å²) in [6.45, 7) is -8.12. The van der Waals surface area contributed by atoms with Crippen LogP contribution in [-0.2, 0) is 13.1 Å². The Labute approximate surface area is 203 Å². The van der Waals surface area contributed by atoms with Gasteiger partial charge in [-0.1, -0.05) is 38.1 Å². The Morgan fingerprint density at radius 3 is 2.58 bits per heavy atom. The van der Waals surface area contributed by atoms with E-state index in [2.05, 4.69) is 5.32 Å². The van der Waals surface area contributed by atoms with Crippen molar-refractivity contribution in [3.63, 3.8) is 0 Å². The van der Waals surface area contributed by atoms with E-state index in [-0.39, 0.29) is 17.2 Å². The highest BCUT2D eigenvalue weighted by atomic mass is 19.1. The summed E-state index contributed by atoms with van der Waals surface area (Å²) in [6, 6.07) is 0.373. The Kier molecular flexibility index (Phi) is 4.07. The smallest absolute Gasteiger partial charge is 0.318 e. The lowest BCUT2D eigenvalue weighted by atomic mass is 10.0. The molecule has 0 saturated carbocycles. The van der Waals surface area contributed by atoms with Crippen molar-refractivity contribution < 1.29 is 31.7 Å². The minimum atomic E-state index is -3.16. The maximum absolute atomic E-state index is 14.2. The summed E-state index contributed by atoms with van der Waals surface area (Å²) in [5.41, 5.74) is 0.140. The molecule has 6 heteroatoms. The van der Waals surface area contributed by atoms with Gasteiger partial charge in [0.25, 0.3) is 0 Å². The largest absolute Gasteiger partial charge is 0.493 e. The minimum absolute atomic E-state index is 0.123. The molecule has 31 heavy (non-hydrogen) atoms. The van der Waals surface area contributed by atoms with Crippen LogP contribution in [0.15, 0.2) is 48.4 Å². The summed E-state index contributed by atoms with van der Waals surface area (Å²) in [6.07, 6.45) is -1.35. The molecule has 0 bridgehead atoms. The Balaban J connectivity index is 1.94. The number of rotatable bonds is 8. The van der Waals surface area contributed by atoms with Crippen LogP contribution in [0.25, 0.3) is 0 Å². The molecule has 2 aromatic rings. The van der Waals surface area contributed by atoms with Crippen LogP contribution in [0.4, 0.5) is 9.18 Å². The van der Waals surface area contributed by atoms with Crippen molar-refractivity contribution in [2.24, 2.45) is 5.92 Å². The number of likely N-dealkylation sites (tertiary alicyclic amines) is 1. The van der Waals surface area contributed by atoms with Crippen LogP contribution < -0.4 is 10.1 Å². The van der Waals surface area contributed by atoms with Crippen LogP contribution in [0.2, 0.25) is 0 Å². The monoisotopic (exact) mass is 440 g/mol. The first-order valence-electron chi connectivity index (χ1n) is 16.4. The molecule has 1 fully saturated rings. The molecule has 0 aliphatic carbocycles. The molecule has 5 nitrogen and oxygen atoms in total. The van der Waals surface area contributed by atoms with Gasteiger partial charge >= 0.3 is 6.03 Å². The number of benzene rings is 2. The van der Waals surface area contributed by atoms with Gasteiger partial charge in [0.1, 0.15) is 11.6 Å². The van der Waals surface area contributed by atoms with Gasteiger partial charge in [-0.3, -0.25) is 0 Å². The van der Waals surface area contributed by atoms with E-state index >= 15 is 0 Å². The molecule has 1 heterocycles. The highest BCUT2D eigenvalue weighted by Gasteiger charge is 2.27. The van der Waals surface area contributed by atoms with E-state index in [0.29, 0.717) is 5.56 Å². The van der Waals surface area contributed by atoms with Crippen molar-refractivity contribution in [1.82, 2.24) is 15.1 Å². The third-order valence-corrected chi connectivity index (χ3v) is 4.43. The predicted octanol–water partition coefficient (Wildman–Crippen LogP) is 4.67. The number of carbonyl (C=O) groups is 1. The molecule has 0 radical (unpaired) electrons. The summed E-state index contributed by atoms with van der Waals surface area (Å²) in [7, 11) is 0. The second-order valence-corrected chi connectivity index (χ2v) is 7.31. The maximum atomic E-state index is 14.2. The zero-order valence-corrected chi connectivity index (χ0v) is 17.4. The molecule has 0 unspecified atom stereocenters. The van der Waals surface area contributed by atoms with Gasteiger partial charge < -0.3 is 19.9 Å². The minimum Gasteiger partial charge on any atom is -0.493 e. The second kappa shape index (κ2) is 11.1. The van der Waals surface area contributed by atoms with Crippen LogP contribution in [-0.4, -0.2) is 48.4 Å². The number of amides is 2. The molecule has 1 saturated heterocycles. The topological polar surface area (TPSA) is 44.8 Å². The fourth-order valence-electron chi connectivity index (χ4n) is 2.82. The van der Waals surface area contributed by atoms with Gasteiger partial charge in [-0.15, -0.1) is 0 Å². The van der Waals surface area contributed by atoms with E-state index in [1.807, 2.05) is 0 Å². The number of piperidine rings is 1. The van der Waals surface area contributed by atoms with Crippen LogP contribution in [0, 0.1) is 11.7 Å². The van der Waals surface area contributed by atoms with Crippen molar-refractivity contribution in [1.29, 1.82) is 0 Å². The maximum Gasteiger partial charge on any atom is 0.318 e. The molecule has 2 aromatic carbocycles. The SMILES string of the molecule is [2H]c1c([2H])c(CN(C(=O)NCc2ccc(OC([2H])([2H])C(C)C)cc2)C2CC([2H])([2H])N(C([2H])([2H])[2H])C([2H])([2H])C2)c([2H])c([2H])c1F. The Hall–Kier alpha value is -2.60. The van der Waals surface area contributed by atoms with E-state index in [0.717, 1.165) is 4.90 Å². The summed E-state index contributed by atoms with van der Waals surface area (Å²) in [4.78, 5) is 14.6. The Morgan fingerprint density at radius 1 is 1.29 bits per heavy atom. The van der Waals surface area contributed by atoms with E-state index in [9.17, 15) is 9.18 Å². The first-order chi connectivity index (χ1) is 20.0. The van der Waals surface area contributed by atoms with Gasteiger partial charge in [0.05, 0.1) is 14.8 Å². The van der Waals surface area contributed by atoms with Crippen LogP contribution in [0.1, 0.15) is 55.6 Å². The number of ether oxygens (including phenoxy) is 1. The lowest BCUT2D eigenvalue weighted by molar-refractivity contribution is 0.127. The first-order valence-corrected chi connectivity index (χ1v) is 9.87. The third kappa shape index (κ3) is 7.24. The first kappa shape index (κ1) is 11.3. The summed E-state index contributed by atoms with van der Waals surface area (Å²) >= 11 is 0. The van der Waals surface area contributed by atoms with Crippen LogP contribution in [0.5, 0.6) is 5.75 Å². The molecule has 0 spiro atoms. The van der Waals surface area contributed by atoms with Crippen LogP contribution >= 0.6 is 0 Å². The fraction of sp³-hybridized carbons (Fsp3) is 0.480. The number of halogens is 1. The number of nitrogens with zero attached hydrogens (tertiary/aromatic N) is 2. The van der Waals surface area contributed by atoms with Crippen molar-refractivity contribution in [2.75, 3.05) is 26.5 Å². The molecule has 3 rings (SSSR count). The average Bonchev–Trinajstić information content (AvgIpc) is 2.87. The lowest BCUT2D eigenvalue weighted by Crippen LogP contribution is -2.49. The fourth-order valence-corrected chi connectivity index (χ4v) is 2.82. The molecule has 1 aliphatic rings. The summed E-state index contributed by atoms with van der Waals surface area (Å²) in [5, 5.41) is 2.59. The molecular formula is C25H34FN3O2. The third-order valence-electron chi connectivity index (χ3n) is 4.43. The molecular weight excluding hydrogens is 393 g/mol. The number of urea groups is 1. The molecule has 0 aromatic heterocycles. The lowest BCUT2D eigenvalue weighted by Gasteiger charge is -2.37. The number of nitrogens with one attached hydrogen (secondary N) is 1. The number of hydrogen-bond donors (Lipinski definition) is 1. The standard InChI is InChI=1S/C25H34FN3O2/c1-19(2)18-31-24-10-6-20(7-11-24)16-27-25(30)29(23-12-14-28(3)15-13-23)17-21-4-8-22(26)9-5-21/h4-11,19,23H,12-18H2,1-3H3,(H,27,30)/i3D3,4D,5D,8D,9D,14D2,15D2,18D2. The normalized spacial score (nSPS) is 25.4. The predicted molar refractivity (Wildman–Crippen MR) is 121 cm³/mol. The highest BCUT2D eigenvalue weighted by Crippen LogP contribution is 2.19. The zero-order chi connectivity index (χ0) is 33.6. The van der Waals surface area contributed by atoms with Gasteiger partial charge in [0, 0.05) is 28.7 Å². The zero-order valence-electron chi connectivity index (χ0n) is 30.4. The van der Waals surface area contributed by atoms with Gasteiger partial charge in [-0.2, -0.15) is 0 Å². The van der Waals surface area contributed by atoms with Gasteiger partial charge in [-0.25, -0.2) is 9.18 Å². The van der Waals surface area contributed by atoms with E-state index in [1.54, 1.807) is 26.0 Å². The molecule has 2 amide bonds. The second-order valence-electron chi connectivity index (χ2n) is 7.31. The molecule has 168 valence electrons. The summed E-state index contributed by atoms with van der Waals surface area (Å²) < 4.78 is 124. The Morgan fingerprint density at radius 2 is 1.97 bits per heavy atom.